The molecule has 1 aliphatic heterocycles. The van der Waals surface area contributed by atoms with E-state index in [0.29, 0.717) is 0 Å². The summed E-state index contributed by atoms with van der Waals surface area (Å²) in [5.41, 5.74) is 4.41. The molecule has 3 nitrogen and oxygen atoms in total. The van der Waals surface area contributed by atoms with Gasteiger partial charge in [-0.25, -0.2) is 0 Å². The van der Waals surface area contributed by atoms with Gasteiger partial charge in [-0.2, -0.15) is 0 Å². The lowest BCUT2D eigenvalue weighted by Crippen LogP contribution is -3.10. The zero-order valence-electron chi connectivity index (χ0n) is 14.0. The van der Waals surface area contributed by atoms with E-state index in [1.807, 2.05) is 48.2 Å². The van der Waals surface area contributed by atoms with Crippen molar-refractivity contribution in [2.75, 3.05) is 26.2 Å². The highest BCUT2D eigenvalue weighted by molar-refractivity contribution is 6.30. The van der Waals surface area contributed by atoms with Crippen molar-refractivity contribution in [3.63, 3.8) is 0 Å². The van der Waals surface area contributed by atoms with Gasteiger partial charge in [-0.1, -0.05) is 35.4 Å². The van der Waals surface area contributed by atoms with Crippen molar-refractivity contribution in [3.8, 4) is 0 Å². The van der Waals surface area contributed by atoms with Gasteiger partial charge < -0.3 is 17.3 Å². The second-order valence-corrected chi connectivity index (χ2v) is 6.66. The van der Waals surface area contributed by atoms with Gasteiger partial charge in [0.2, 0.25) is 0 Å². The topological polar surface area (TPSA) is 24.8 Å². The number of nitrogens with one attached hydrogen (secondary N) is 1. The predicted molar refractivity (Wildman–Crippen MR) is 93.6 cm³/mol. The molecule has 0 atom stereocenters. The Labute approximate surface area is 154 Å². The van der Waals surface area contributed by atoms with Crippen molar-refractivity contribution >= 4 is 23.2 Å². The minimum atomic E-state index is 0. The number of nitrogens with zero attached hydrogens (tertiary/aromatic N) is 1. The maximum absolute atomic E-state index is 12.6. The number of hydrogen-bond acceptors (Lipinski definition) is 1. The van der Waals surface area contributed by atoms with E-state index < -0.39 is 0 Å². The third-order valence-electron chi connectivity index (χ3n) is 4.50. The molecule has 0 bridgehead atoms. The molecule has 0 unspecified atom stereocenters. The lowest BCUT2D eigenvalue weighted by molar-refractivity contribution is -0.837. The number of piperazine rings is 1. The van der Waals surface area contributed by atoms with Crippen LogP contribution in [0.15, 0.2) is 42.5 Å². The predicted octanol–water partition coefficient (Wildman–Crippen LogP) is -0.367. The molecule has 1 saturated heterocycles. The average Bonchev–Trinajstić information content (AvgIpc) is 2.56. The number of carbonyl (C=O) groups is 1. The molecule has 1 N–H and O–H groups in total. The Balaban J connectivity index is 0.00000208. The molecule has 0 aromatic heterocycles. The Morgan fingerprint density at radius 1 is 1.08 bits per heavy atom. The highest BCUT2D eigenvalue weighted by Crippen LogP contribution is 2.17. The first-order chi connectivity index (χ1) is 11.0. The van der Waals surface area contributed by atoms with Crippen molar-refractivity contribution in [1.29, 1.82) is 0 Å². The van der Waals surface area contributed by atoms with Crippen LogP contribution in [0.25, 0.3) is 0 Å². The summed E-state index contributed by atoms with van der Waals surface area (Å²) < 4.78 is 0. The Bertz CT molecular complexity index is 725. The first-order valence-corrected chi connectivity index (χ1v) is 8.39. The number of hydrogen-bond donors (Lipinski definition) is 1. The minimum Gasteiger partial charge on any atom is -1.00 e. The van der Waals surface area contributed by atoms with E-state index in [1.165, 1.54) is 16.2 Å². The molecule has 24 heavy (non-hydrogen) atoms. The molecule has 3 rings (SSSR count). The third kappa shape index (κ3) is 4.10. The van der Waals surface area contributed by atoms with E-state index in [4.69, 9.17) is 11.6 Å². The summed E-state index contributed by atoms with van der Waals surface area (Å²) in [5, 5.41) is 0.774. The maximum atomic E-state index is 12.6. The van der Waals surface area contributed by atoms with E-state index in [2.05, 4.69) is 13.0 Å². The largest absolute Gasteiger partial charge is 1.00 e. The number of aryl methyl sites for hydroxylation is 2. The van der Waals surface area contributed by atoms with Gasteiger partial charge in [-0.3, -0.25) is 9.69 Å². The molecule has 2 aromatic carbocycles. The first kappa shape index (κ1) is 18.8. The van der Waals surface area contributed by atoms with Gasteiger partial charge in [-0.05, 0) is 32.0 Å². The summed E-state index contributed by atoms with van der Waals surface area (Å²) in [6, 6.07) is 13.9. The molecule has 5 heteroatoms. The number of halogens is 2. The number of rotatable bonds is 2. The molecular weight excluding hydrogens is 343 g/mol. The summed E-state index contributed by atoms with van der Waals surface area (Å²) in [5.74, 6) is 0.135. The fraction of sp³-hybridized carbons (Fsp3) is 0.316. The van der Waals surface area contributed by atoms with Crippen molar-refractivity contribution < 1.29 is 22.1 Å². The average molecular weight is 365 g/mol. The SMILES string of the molecule is Cc1cccc(C(=O)N2CC[NH+](c3cc(Cl)ccc3C)CC2)c1.[Cl-]. The van der Waals surface area contributed by atoms with Crippen molar-refractivity contribution in [3.05, 3.63) is 64.2 Å². The summed E-state index contributed by atoms with van der Waals surface area (Å²) in [6.07, 6.45) is 0. The van der Waals surface area contributed by atoms with Crippen LogP contribution in [-0.4, -0.2) is 37.0 Å². The summed E-state index contributed by atoms with van der Waals surface area (Å²) >= 11 is 6.13. The number of amides is 1. The Kier molecular flexibility index (Phi) is 6.27. The summed E-state index contributed by atoms with van der Waals surface area (Å²) in [4.78, 5) is 16.0. The van der Waals surface area contributed by atoms with E-state index in [9.17, 15) is 4.79 Å². The van der Waals surface area contributed by atoms with Gasteiger partial charge in [0, 0.05) is 22.2 Å². The van der Waals surface area contributed by atoms with Crippen molar-refractivity contribution in [1.82, 2.24) is 4.90 Å². The Morgan fingerprint density at radius 2 is 1.79 bits per heavy atom. The van der Waals surface area contributed by atoms with E-state index in [1.54, 1.807) is 0 Å². The number of carbonyl (C=O) groups excluding carboxylic acids is 1. The van der Waals surface area contributed by atoms with Gasteiger partial charge in [-0.15, -0.1) is 0 Å². The molecule has 0 radical (unpaired) electrons. The molecule has 2 aromatic rings. The fourth-order valence-corrected chi connectivity index (χ4v) is 3.36. The van der Waals surface area contributed by atoms with Gasteiger partial charge in [0.25, 0.3) is 5.91 Å². The molecule has 1 amide bonds. The van der Waals surface area contributed by atoms with Gasteiger partial charge in [0.05, 0.1) is 26.2 Å². The molecule has 0 spiro atoms. The molecule has 1 fully saturated rings. The lowest BCUT2D eigenvalue weighted by Gasteiger charge is -2.32. The van der Waals surface area contributed by atoms with Crippen LogP contribution in [0, 0.1) is 13.8 Å². The van der Waals surface area contributed by atoms with Crippen LogP contribution in [-0.2, 0) is 0 Å². The van der Waals surface area contributed by atoms with Crippen LogP contribution in [0.4, 0.5) is 5.69 Å². The maximum Gasteiger partial charge on any atom is 0.254 e. The van der Waals surface area contributed by atoms with Crippen LogP contribution >= 0.6 is 11.6 Å². The third-order valence-corrected chi connectivity index (χ3v) is 4.73. The molecule has 1 aliphatic rings. The quantitative estimate of drug-likeness (QED) is 0.772. The zero-order chi connectivity index (χ0) is 16.4. The normalized spacial score (nSPS) is 15.0. The van der Waals surface area contributed by atoms with Crippen LogP contribution in [0.3, 0.4) is 0 Å². The second kappa shape index (κ2) is 8.02. The standard InChI is InChI=1S/C19H21ClN2O.ClH/c1-14-4-3-5-16(12-14)19(23)22-10-8-21(9-11-22)18-13-17(20)7-6-15(18)2;/h3-7,12-13H,8-11H2,1-2H3;1H. The smallest absolute Gasteiger partial charge is 0.254 e. The summed E-state index contributed by atoms with van der Waals surface area (Å²) in [6.45, 7) is 7.50. The molecular formula is C19H22Cl2N2O. The van der Waals surface area contributed by atoms with Crippen molar-refractivity contribution in [2.24, 2.45) is 0 Å². The van der Waals surface area contributed by atoms with Gasteiger partial charge in [0.15, 0.2) is 0 Å². The Morgan fingerprint density at radius 3 is 2.46 bits per heavy atom. The molecule has 1 heterocycles. The van der Waals surface area contributed by atoms with E-state index >= 15 is 0 Å². The van der Waals surface area contributed by atoms with Gasteiger partial charge in [0.1, 0.15) is 5.69 Å². The lowest BCUT2D eigenvalue weighted by atomic mass is 10.1. The molecule has 128 valence electrons. The molecule has 0 saturated carbocycles. The fourth-order valence-electron chi connectivity index (χ4n) is 3.18. The van der Waals surface area contributed by atoms with Crippen LogP contribution in [0.1, 0.15) is 21.5 Å². The Hall–Kier alpha value is -1.55. The van der Waals surface area contributed by atoms with E-state index in [0.717, 1.165) is 42.3 Å². The monoisotopic (exact) mass is 364 g/mol. The zero-order valence-corrected chi connectivity index (χ0v) is 15.5. The number of quaternary nitrogens is 1. The van der Waals surface area contributed by atoms with Crippen LogP contribution in [0.2, 0.25) is 5.02 Å². The molecule has 0 aliphatic carbocycles. The second-order valence-electron chi connectivity index (χ2n) is 6.22. The minimum absolute atomic E-state index is 0. The summed E-state index contributed by atoms with van der Waals surface area (Å²) in [7, 11) is 0. The van der Waals surface area contributed by atoms with Gasteiger partial charge >= 0.3 is 0 Å². The van der Waals surface area contributed by atoms with E-state index in [-0.39, 0.29) is 18.3 Å². The highest BCUT2D eigenvalue weighted by atomic mass is 35.5. The van der Waals surface area contributed by atoms with Crippen molar-refractivity contribution in [2.45, 2.75) is 13.8 Å². The first-order valence-electron chi connectivity index (χ1n) is 8.02. The van der Waals surface area contributed by atoms with Crippen LogP contribution < -0.4 is 17.3 Å². The number of benzene rings is 2. The van der Waals surface area contributed by atoms with Crippen LogP contribution in [0.5, 0.6) is 0 Å². The highest BCUT2D eigenvalue weighted by Gasteiger charge is 2.26.